The van der Waals surface area contributed by atoms with Gasteiger partial charge in [0.15, 0.2) is 0 Å². The van der Waals surface area contributed by atoms with Crippen LogP contribution in [0.4, 0.5) is 0 Å². The number of rotatable bonds is 6. The summed E-state index contributed by atoms with van der Waals surface area (Å²) in [5.74, 6) is 0.807. The molecule has 7 nitrogen and oxygen atoms in total. The molecule has 0 unspecified atom stereocenters. The van der Waals surface area contributed by atoms with E-state index in [1.54, 1.807) is 4.90 Å². The summed E-state index contributed by atoms with van der Waals surface area (Å²) < 4.78 is 0. The molecule has 0 spiro atoms. The zero-order valence-corrected chi connectivity index (χ0v) is 18.3. The van der Waals surface area contributed by atoms with E-state index in [1.165, 1.54) is 0 Å². The van der Waals surface area contributed by atoms with Gasteiger partial charge in [-0.25, -0.2) is 0 Å². The quantitative estimate of drug-likeness (QED) is 0.672. The summed E-state index contributed by atoms with van der Waals surface area (Å²) in [7, 11) is 4.08. The van der Waals surface area contributed by atoms with E-state index in [9.17, 15) is 14.4 Å². The number of amides is 3. The van der Waals surface area contributed by atoms with Gasteiger partial charge in [0.05, 0.1) is 6.54 Å². The van der Waals surface area contributed by atoms with Gasteiger partial charge < -0.3 is 19.6 Å². The van der Waals surface area contributed by atoms with Crippen molar-refractivity contribution in [2.75, 3.05) is 53.4 Å². The van der Waals surface area contributed by atoms with E-state index >= 15 is 0 Å². The monoisotopic (exact) mass is 406 g/mol. The summed E-state index contributed by atoms with van der Waals surface area (Å²) in [6.07, 6.45) is 8.11. The largest absolute Gasteiger partial charge is 0.343 e. The Kier molecular flexibility index (Phi) is 7.92. The van der Waals surface area contributed by atoms with Crippen molar-refractivity contribution in [3.63, 3.8) is 0 Å². The van der Waals surface area contributed by atoms with E-state index < -0.39 is 0 Å². The average molecular weight is 407 g/mol. The molecule has 0 aromatic heterocycles. The van der Waals surface area contributed by atoms with Crippen LogP contribution in [0.1, 0.15) is 57.8 Å². The standard InChI is InChI=1S/C22H38N4O3/c1-23-14-10-19(11-15-23)24(2)20(27)9-8-18-6-5-13-25(16-18)22(29)17-26-12-4-3-7-21(26)28/h18-19H,3-17H2,1-2H3/t18-/m1/s1. The van der Waals surface area contributed by atoms with Crippen LogP contribution >= 0.6 is 0 Å². The molecule has 0 N–H and O–H groups in total. The van der Waals surface area contributed by atoms with E-state index in [1.807, 2.05) is 16.8 Å². The third-order valence-corrected chi connectivity index (χ3v) is 7.01. The van der Waals surface area contributed by atoms with E-state index in [2.05, 4.69) is 11.9 Å². The zero-order chi connectivity index (χ0) is 20.8. The van der Waals surface area contributed by atoms with Crippen molar-refractivity contribution in [3.8, 4) is 0 Å². The number of piperidine rings is 3. The molecule has 0 saturated carbocycles. The molecule has 7 heteroatoms. The lowest BCUT2D eigenvalue weighted by molar-refractivity contribution is -0.143. The molecule has 3 aliphatic rings. The lowest BCUT2D eigenvalue weighted by Gasteiger charge is -2.36. The van der Waals surface area contributed by atoms with Gasteiger partial charge in [0, 0.05) is 45.6 Å². The highest BCUT2D eigenvalue weighted by atomic mass is 16.2. The number of carbonyl (C=O) groups excluding carboxylic acids is 3. The van der Waals surface area contributed by atoms with E-state index in [-0.39, 0.29) is 24.3 Å². The molecule has 164 valence electrons. The molecule has 3 amide bonds. The van der Waals surface area contributed by atoms with Crippen LogP contribution in [0.25, 0.3) is 0 Å². The number of likely N-dealkylation sites (tertiary alicyclic amines) is 3. The van der Waals surface area contributed by atoms with Gasteiger partial charge in [-0.2, -0.15) is 0 Å². The van der Waals surface area contributed by atoms with Crippen LogP contribution in [0.15, 0.2) is 0 Å². The number of hydrogen-bond donors (Lipinski definition) is 0. The molecule has 0 bridgehead atoms. The predicted octanol–water partition coefficient (Wildman–Crippen LogP) is 1.57. The lowest BCUT2D eigenvalue weighted by Crippen LogP contribution is -2.48. The first-order valence-corrected chi connectivity index (χ1v) is 11.4. The van der Waals surface area contributed by atoms with Gasteiger partial charge in [-0.05, 0) is 71.0 Å². The van der Waals surface area contributed by atoms with Crippen molar-refractivity contribution < 1.29 is 14.4 Å². The van der Waals surface area contributed by atoms with E-state index in [4.69, 9.17) is 0 Å². The van der Waals surface area contributed by atoms with Crippen LogP contribution in [-0.4, -0.2) is 96.7 Å². The second-order valence-electron chi connectivity index (χ2n) is 9.20. The fourth-order valence-corrected chi connectivity index (χ4v) is 4.91. The SMILES string of the molecule is CN1CCC(N(C)C(=O)CC[C@H]2CCCN(C(=O)CN3CCCCC3=O)C2)CC1. The van der Waals surface area contributed by atoms with Crippen molar-refractivity contribution in [2.24, 2.45) is 5.92 Å². The highest BCUT2D eigenvalue weighted by Gasteiger charge is 2.29. The zero-order valence-electron chi connectivity index (χ0n) is 18.3. The summed E-state index contributed by atoms with van der Waals surface area (Å²) in [6.45, 7) is 4.55. The number of carbonyl (C=O) groups is 3. The Hall–Kier alpha value is -1.63. The van der Waals surface area contributed by atoms with Crippen LogP contribution in [0, 0.1) is 5.92 Å². The Labute approximate surface area is 175 Å². The van der Waals surface area contributed by atoms with E-state index in [0.717, 1.165) is 71.1 Å². The van der Waals surface area contributed by atoms with Crippen molar-refractivity contribution >= 4 is 17.7 Å². The maximum Gasteiger partial charge on any atom is 0.242 e. The second-order valence-corrected chi connectivity index (χ2v) is 9.20. The average Bonchev–Trinajstić information content (AvgIpc) is 2.74. The lowest BCUT2D eigenvalue weighted by atomic mass is 9.92. The second kappa shape index (κ2) is 10.4. The van der Waals surface area contributed by atoms with Gasteiger partial charge in [-0.1, -0.05) is 0 Å². The fourth-order valence-electron chi connectivity index (χ4n) is 4.91. The normalized spacial score (nSPS) is 24.6. The van der Waals surface area contributed by atoms with Crippen molar-refractivity contribution in [1.82, 2.24) is 19.6 Å². The topological polar surface area (TPSA) is 64.2 Å². The van der Waals surface area contributed by atoms with Crippen molar-refractivity contribution in [3.05, 3.63) is 0 Å². The Morgan fingerprint density at radius 3 is 2.52 bits per heavy atom. The van der Waals surface area contributed by atoms with Crippen molar-refractivity contribution in [1.29, 1.82) is 0 Å². The van der Waals surface area contributed by atoms with Crippen molar-refractivity contribution in [2.45, 2.75) is 63.8 Å². The smallest absolute Gasteiger partial charge is 0.242 e. The molecule has 3 heterocycles. The van der Waals surface area contributed by atoms with Crippen LogP contribution in [0.3, 0.4) is 0 Å². The summed E-state index contributed by atoms with van der Waals surface area (Å²) >= 11 is 0. The molecule has 0 aliphatic carbocycles. The third kappa shape index (κ3) is 6.17. The van der Waals surface area contributed by atoms with Gasteiger partial charge in [0.25, 0.3) is 0 Å². The van der Waals surface area contributed by atoms with Gasteiger partial charge >= 0.3 is 0 Å². The molecule has 3 saturated heterocycles. The number of nitrogens with zero attached hydrogens (tertiary/aromatic N) is 4. The Bertz CT molecular complexity index is 589. The van der Waals surface area contributed by atoms with E-state index in [0.29, 0.717) is 31.3 Å². The highest BCUT2D eigenvalue weighted by Crippen LogP contribution is 2.23. The Morgan fingerprint density at radius 2 is 1.79 bits per heavy atom. The molecule has 3 fully saturated rings. The van der Waals surface area contributed by atoms with Gasteiger partial charge in [0.1, 0.15) is 0 Å². The molecule has 29 heavy (non-hydrogen) atoms. The maximum atomic E-state index is 12.7. The minimum Gasteiger partial charge on any atom is -0.343 e. The summed E-state index contributed by atoms with van der Waals surface area (Å²) in [5, 5.41) is 0. The summed E-state index contributed by atoms with van der Waals surface area (Å²) in [4.78, 5) is 45.2. The first-order valence-electron chi connectivity index (χ1n) is 11.4. The Balaban J connectivity index is 1.41. The molecular formula is C22H38N4O3. The molecule has 0 aromatic rings. The summed E-state index contributed by atoms with van der Waals surface area (Å²) in [5.41, 5.74) is 0. The van der Waals surface area contributed by atoms with Gasteiger partial charge in [-0.15, -0.1) is 0 Å². The van der Waals surface area contributed by atoms with Crippen LogP contribution in [-0.2, 0) is 14.4 Å². The minimum absolute atomic E-state index is 0.0692. The van der Waals surface area contributed by atoms with Crippen LogP contribution < -0.4 is 0 Å². The van der Waals surface area contributed by atoms with Gasteiger partial charge in [-0.3, -0.25) is 14.4 Å². The maximum absolute atomic E-state index is 12.7. The highest BCUT2D eigenvalue weighted by molar-refractivity contribution is 5.85. The fraction of sp³-hybridized carbons (Fsp3) is 0.864. The molecular weight excluding hydrogens is 368 g/mol. The van der Waals surface area contributed by atoms with Gasteiger partial charge in [0.2, 0.25) is 17.7 Å². The third-order valence-electron chi connectivity index (χ3n) is 7.01. The summed E-state index contributed by atoms with van der Waals surface area (Å²) in [6, 6.07) is 0.366. The Morgan fingerprint density at radius 1 is 1.03 bits per heavy atom. The molecule has 3 aliphatic heterocycles. The first-order chi connectivity index (χ1) is 13.9. The number of hydrogen-bond acceptors (Lipinski definition) is 4. The minimum atomic E-state index is 0.0692. The van der Waals surface area contributed by atoms with Crippen LogP contribution in [0.5, 0.6) is 0 Å². The molecule has 3 rings (SSSR count). The predicted molar refractivity (Wildman–Crippen MR) is 112 cm³/mol. The molecule has 0 radical (unpaired) electrons. The molecule has 0 aromatic carbocycles. The van der Waals surface area contributed by atoms with Crippen LogP contribution in [0.2, 0.25) is 0 Å². The first kappa shape index (κ1) is 22.1. The molecule has 1 atom stereocenters.